The third-order valence-corrected chi connectivity index (χ3v) is 10.6. The number of nitrogen functional groups attached to an aromatic ring is 2. The Kier molecular flexibility index (Phi) is 7.80. The van der Waals surface area contributed by atoms with Gasteiger partial charge in [-0.3, -0.25) is 27.9 Å². The number of nitrogens with one attached hydrogen (secondary N) is 1. The highest BCUT2D eigenvalue weighted by atomic mass is 32.7. The summed E-state index contributed by atoms with van der Waals surface area (Å²) >= 11 is 9.31. The van der Waals surface area contributed by atoms with Crippen molar-refractivity contribution in [2.45, 2.75) is 49.1 Å². The normalized spacial score (nSPS) is 37.7. The Morgan fingerprint density at radius 2 is 1.76 bits per heavy atom. The second kappa shape index (κ2) is 11.3. The molecule has 4 aromatic rings. The molecule has 20 nitrogen and oxygen atoms in total. The van der Waals surface area contributed by atoms with Crippen LogP contribution in [-0.4, -0.2) is 99.0 Å². The first kappa shape index (κ1) is 31.1. The third-order valence-electron chi connectivity index (χ3n) is 7.47. The van der Waals surface area contributed by atoms with Crippen LogP contribution >= 0.6 is 25.8 Å². The van der Waals surface area contributed by atoms with E-state index in [2.05, 4.69) is 37.2 Å². The summed E-state index contributed by atoms with van der Waals surface area (Å²) in [6, 6.07) is 1.63. The predicted octanol–water partition coefficient (Wildman–Crippen LogP) is -0.683. The minimum Gasteiger partial charge on any atom is -0.387 e. The van der Waals surface area contributed by atoms with E-state index in [-0.39, 0.29) is 22.9 Å². The van der Waals surface area contributed by atoms with E-state index in [0.29, 0.717) is 11.0 Å². The molecule has 24 heteroatoms. The number of aliphatic hydroxyl groups is 2. The number of nitrogens with two attached hydrogens (primary N) is 2. The molecule has 0 spiro atoms. The largest absolute Gasteiger partial charge is 0.387 e. The van der Waals surface area contributed by atoms with Crippen molar-refractivity contribution in [2.24, 2.45) is 0 Å². The molecule has 7 rings (SSSR count). The van der Waals surface area contributed by atoms with Gasteiger partial charge in [-0.1, -0.05) is 12.2 Å². The number of fused-ring (bicyclic) bond motifs is 5. The molecular weight excluding hydrogens is 680 g/mol. The van der Waals surface area contributed by atoms with E-state index in [4.69, 9.17) is 50.8 Å². The van der Waals surface area contributed by atoms with Crippen molar-refractivity contribution < 1.29 is 47.2 Å². The molecule has 6 unspecified atom stereocenters. The molecule has 0 amide bonds. The van der Waals surface area contributed by atoms with Crippen LogP contribution in [0.15, 0.2) is 29.7 Å². The molecule has 0 aromatic carbocycles. The van der Waals surface area contributed by atoms with Gasteiger partial charge in [-0.15, -0.1) is 0 Å². The lowest BCUT2D eigenvalue weighted by molar-refractivity contribution is -0.0587. The first-order valence-corrected chi connectivity index (χ1v) is 18.4. The number of anilines is 2. The highest BCUT2D eigenvalue weighted by Crippen LogP contribution is 2.58. The monoisotopic (exact) mass is 705 g/mol. The van der Waals surface area contributed by atoms with E-state index >= 15 is 0 Å². The molecule has 3 aliphatic heterocycles. The van der Waals surface area contributed by atoms with Gasteiger partial charge < -0.3 is 45.1 Å². The first-order chi connectivity index (χ1) is 21.3. The molecule has 242 valence electrons. The van der Waals surface area contributed by atoms with Crippen LogP contribution in [0, 0.1) is 0 Å². The number of aliphatic hydroxyl groups excluding tert-OH is 2. The van der Waals surface area contributed by atoms with Crippen LogP contribution in [0.4, 0.5) is 11.8 Å². The van der Waals surface area contributed by atoms with Crippen LogP contribution in [-0.2, 0) is 43.9 Å². The Morgan fingerprint density at radius 3 is 2.56 bits per heavy atom. The molecule has 8 N–H and O–H groups in total. The van der Waals surface area contributed by atoms with Gasteiger partial charge in [0.15, 0.2) is 23.6 Å². The zero-order valence-electron chi connectivity index (χ0n) is 22.5. The molecule has 2 bridgehead atoms. The summed E-state index contributed by atoms with van der Waals surface area (Å²) in [6.07, 6.45) is -6.78. The fraction of sp³-hybridized carbons (Fsp3) is 0.476. The Bertz CT molecular complexity index is 1940. The number of nitrogens with zero attached hydrogens (tertiary/aromatic N) is 6. The molecule has 10 atom stereocenters. The first-order valence-electron chi connectivity index (χ1n) is 13.1. The number of aromatic nitrogens is 7. The molecule has 3 fully saturated rings. The average Bonchev–Trinajstić information content (AvgIpc) is 3.72. The Morgan fingerprint density at radius 1 is 1.00 bits per heavy atom. The lowest BCUT2D eigenvalue weighted by Crippen LogP contribution is -2.36. The molecule has 45 heavy (non-hydrogen) atoms. The standard InChI is InChI=1S/C21H25N9O11P2S2/c22-15-7-1-2-29(16(7)25-5-24-15)19-12(32)13-9(39-19)4-37-43(35,45)41-14-11(31)8(3-36-42(34,44)40-13)38-20(14)30-6-26-10-17(30)27-21(23)28-18(10)33/h1-2,5-6,8-9,11-14,19-20,31-32H,3-4H2,(H,34,44)(H,35,45)(H2,22,24,25)(H3,23,27,28,33)/t8-,9-,11?,12?,13?,14?,19-,20-,42?,43?/m1/s1. The SMILES string of the molecule is Nc1nc2c(ncn2[C@@H]2O[C@@H]3COP(O)(=S)OC4C(O)[C@H](n5ccc6c(N)ncnc65)O[C@@H]4COP(=O)(S)OC2C3O)c(=O)[nH]1. The van der Waals surface area contributed by atoms with Crippen molar-refractivity contribution in [3.05, 3.63) is 35.3 Å². The van der Waals surface area contributed by atoms with Gasteiger partial charge in [0.05, 0.1) is 24.9 Å². The number of aromatic amines is 1. The fourth-order valence-electron chi connectivity index (χ4n) is 5.44. The minimum absolute atomic E-state index is 0.0259. The summed E-state index contributed by atoms with van der Waals surface area (Å²) in [6.45, 7) is -9.62. The number of ether oxygens (including phenoxy) is 2. The van der Waals surface area contributed by atoms with Gasteiger partial charge in [-0.2, -0.15) is 4.98 Å². The van der Waals surface area contributed by atoms with Gasteiger partial charge in [-0.05, 0) is 17.9 Å². The van der Waals surface area contributed by atoms with Crippen LogP contribution in [0.25, 0.3) is 22.2 Å². The molecule has 0 aliphatic carbocycles. The van der Waals surface area contributed by atoms with Crippen molar-refractivity contribution in [1.29, 1.82) is 0 Å². The molecule has 0 radical (unpaired) electrons. The fourth-order valence-corrected chi connectivity index (χ4v) is 8.34. The number of thiol groups is 1. The van der Waals surface area contributed by atoms with Crippen LogP contribution in [0.1, 0.15) is 12.5 Å². The van der Waals surface area contributed by atoms with Crippen LogP contribution < -0.4 is 17.0 Å². The number of hydrogen-bond donors (Lipinski definition) is 7. The summed E-state index contributed by atoms with van der Waals surface area (Å²) in [5, 5.41) is 22.9. The van der Waals surface area contributed by atoms with Gasteiger partial charge >= 0.3 is 13.5 Å². The van der Waals surface area contributed by atoms with E-state index in [0.717, 1.165) is 0 Å². The maximum Gasteiger partial charge on any atom is 0.386 e. The van der Waals surface area contributed by atoms with E-state index in [1.165, 1.54) is 21.8 Å². The average molecular weight is 706 g/mol. The summed E-state index contributed by atoms with van der Waals surface area (Å²) in [7, 11) is 0. The number of rotatable bonds is 2. The highest BCUT2D eigenvalue weighted by molar-refractivity contribution is 8.44. The topological polar surface area (TPSA) is 279 Å². The maximum atomic E-state index is 13.5. The minimum atomic E-state index is -4.35. The summed E-state index contributed by atoms with van der Waals surface area (Å²) in [5.74, 6) is -0.0167. The van der Waals surface area contributed by atoms with Gasteiger partial charge in [0.1, 0.15) is 54.4 Å². The predicted molar refractivity (Wildman–Crippen MR) is 159 cm³/mol. The van der Waals surface area contributed by atoms with Crippen molar-refractivity contribution >= 4 is 71.5 Å². The quantitative estimate of drug-likeness (QED) is 0.100. The zero-order valence-corrected chi connectivity index (χ0v) is 26.0. The van der Waals surface area contributed by atoms with E-state index in [9.17, 15) is 24.5 Å². The molecule has 7 heterocycles. The Balaban J connectivity index is 1.21. The Labute approximate surface area is 261 Å². The molecule has 4 aromatic heterocycles. The number of H-pyrrole nitrogens is 1. The number of hydrogen-bond acceptors (Lipinski definition) is 17. The summed E-state index contributed by atoms with van der Waals surface area (Å²) < 4.78 is 50.7. The second-order valence-electron chi connectivity index (χ2n) is 10.3. The lowest BCUT2D eigenvalue weighted by atomic mass is 10.1. The highest BCUT2D eigenvalue weighted by Gasteiger charge is 2.53. The van der Waals surface area contributed by atoms with Gasteiger partial charge in [0.25, 0.3) is 5.56 Å². The van der Waals surface area contributed by atoms with Crippen molar-refractivity contribution in [1.82, 2.24) is 34.1 Å². The molecular formula is C21H25N9O11P2S2. The van der Waals surface area contributed by atoms with E-state index < -0.39 is 81.4 Å². The smallest absolute Gasteiger partial charge is 0.386 e. The zero-order chi connectivity index (χ0) is 31.8. The number of imidazole rings is 1. The van der Waals surface area contributed by atoms with Gasteiger partial charge in [0.2, 0.25) is 5.95 Å². The van der Waals surface area contributed by atoms with E-state index in [1.807, 2.05) is 0 Å². The second-order valence-corrected chi connectivity index (χ2v) is 15.9. The summed E-state index contributed by atoms with van der Waals surface area (Å²) in [5.41, 5.74) is 11.2. The molecule has 3 saturated heterocycles. The lowest BCUT2D eigenvalue weighted by Gasteiger charge is -2.27. The van der Waals surface area contributed by atoms with Crippen molar-refractivity contribution in [3.8, 4) is 0 Å². The van der Waals surface area contributed by atoms with Gasteiger partial charge in [-0.25, -0.2) is 19.5 Å². The molecule has 0 saturated carbocycles. The van der Waals surface area contributed by atoms with Gasteiger partial charge in [0, 0.05) is 6.20 Å². The van der Waals surface area contributed by atoms with Crippen LogP contribution in [0.3, 0.4) is 0 Å². The maximum absolute atomic E-state index is 13.5. The van der Waals surface area contributed by atoms with Crippen LogP contribution in [0.5, 0.6) is 0 Å². The van der Waals surface area contributed by atoms with Crippen molar-refractivity contribution in [2.75, 3.05) is 24.7 Å². The van der Waals surface area contributed by atoms with E-state index in [1.54, 1.807) is 12.3 Å². The van der Waals surface area contributed by atoms with Crippen LogP contribution in [0.2, 0.25) is 0 Å². The third kappa shape index (κ3) is 5.58. The summed E-state index contributed by atoms with van der Waals surface area (Å²) in [4.78, 5) is 41.9. The van der Waals surface area contributed by atoms with Crippen molar-refractivity contribution in [3.63, 3.8) is 0 Å². The Hall–Kier alpha value is -2.56. The molecule has 3 aliphatic rings.